The highest BCUT2D eigenvalue weighted by Gasteiger charge is 2.53. The summed E-state index contributed by atoms with van der Waals surface area (Å²) in [6.45, 7) is 8.13. The highest BCUT2D eigenvalue weighted by molar-refractivity contribution is 5.80. The van der Waals surface area contributed by atoms with Gasteiger partial charge in [-0.25, -0.2) is 4.79 Å². The van der Waals surface area contributed by atoms with Crippen molar-refractivity contribution >= 4 is 5.97 Å². The van der Waals surface area contributed by atoms with Crippen LogP contribution < -0.4 is 0 Å². The Bertz CT molecular complexity index is 235. The molecule has 3 nitrogen and oxygen atoms in total. The van der Waals surface area contributed by atoms with Crippen LogP contribution in [0.25, 0.3) is 0 Å². The zero-order valence-corrected chi connectivity index (χ0v) is 9.46. The van der Waals surface area contributed by atoms with Gasteiger partial charge in [0.1, 0.15) is 0 Å². The van der Waals surface area contributed by atoms with Crippen LogP contribution in [0.4, 0.5) is 0 Å². The number of esters is 1. The maximum atomic E-state index is 11.6. The van der Waals surface area contributed by atoms with Gasteiger partial charge in [0.25, 0.3) is 0 Å². The van der Waals surface area contributed by atoms with Crippen LogP contribution in [0.3, 0.4) is 0 Å². The lowest BCUT2D eigenvalue weighted by atomic mass is 9.89. The van der Waals surface area contributed by atoms with Crippen molar-refractivity contribution in [2.24, 2.45) is 11.3 Å². The molecule has 1 aliphatic rings. The summed E-state index contributed by atoms with van der Waals surface area (Å²) in [5, 5.41) is 10.2. The van der Waals surface area contributed by atoms with E-state index in [0.29, 0.717) is 13.0 Å². The van der Waals surface area contributed by atoms with Crippen LogP contribution in [-0.4, -0.2) is 23.3 Å². The monoisotopic (exact) mass is 200 g/mol. The Balaban J connectivity index is 2.80. The number of aliphatic hydroxyl groups is 1. The first kappa shape index (κ1) is 11.5. The van der Waals surface area contributed by atoms with Crippen LogP contribution in [0.5, 0.6) is 0 Å². The second-order valence-electron chi connectivity index (χ2n) is 5.09. The lowest BCUT2D eigenvalue weighted by Crippen LogP contribution is -2.42. The largest absolute Gasteiger partial charge is 0.464 e. The van der Waals surface area contributed by atoms with E-state index in [-0.39, 0.29) is 11.3 Å². The molecule has 3 heteroatoms. The molecule has 0 aromatic carbocycles. The van der Waals surface area contributed by atoms with Gasteiger partial charge in [0.15, 0.2) is 5.60 Å². The molecule has 0 amide bonds. The van der Waals surface area contributed by atoms with Gasteiger partial charge in [0, 0.05) is 0 Å². The predicted octanol–water partition coefficient (Wildman–Crippen LogP) is 1.74. The van der Waals surface area contributed by atoms with Gasteiger partial charge in [-0.3, -0.25) is 0 Å². The van der Waals surface area contributed by atoms with E-state index in [1.807, 2.05) is 6.92 Å². The van der Waals surface area contributed by atoms with E-state index in [1.54, 1.807) is 6.92 Å². The SMILES string of the molecule is CCOC(=O)C1(O)CC(C)(C)CC1C. The van der Waals surface area contributed by atoms with Crippen molar-refractivity contribution in [1.29, 1.82) is 0 Å². The summed E-state index contributed by atoms with van der Waals surface area (Å²) in [4.78, 5) is 11.6. The summed E-state index contributed by atoms with van der Waals surface area (Å²) in [5.74, 6) is -0.477. The first-order valence-corrected chi connectivity index (χ1v) is 5.21. The molecule has 1 saturated carbocycles. The Labute approximate surface area is 85.5 Å². The summed E-state index contributed by atoms with van der Waals surface area (Å²) < 4.78 is 4.90. The van der Waals surface area contributed by atoms with Crippen LogP contribution in [0.1, 0.15) is 40.5 Å². The molecule has 0 aromatic rings. The van der Waals surface area contributed by atoms with Crippen LogP contribution in [0, 0.1) is 11.3 Å². The number of ether oxygens (including phenoxy) is 1. The Morgan fingerprint density at radius 2 is 2.14 bits per heavy atom. The van der Waals surface area contributed by atoms with E-state index >= 15 is 0 Å². The van der Waals surface area contributed by atoms with Crippen molar-refractivity contribution in [3.05, 3.63) is 0 Å². The van der Waals surface area contributed by atoms with Crippen molar-refractivity contribution in [3.8, 4) is 0 Å². The highest BCUT2D eigenvalue weighted by atomic mass is 16.5. The maximum absolute atomic E-state index is 11.6. The fourth-order valence-corrected chi connectivity index (χ4v) is 2.50. The average molecular weight is 200 g/mol. The molecular weight excluding hydrogens is 180 g/mol. The van der Waals surface area contributed by atoms with Crippen molar-refractivity contribution < 1.29 is 14.6 Å². The van der Waals surface area contributed by atoms with Crippen LogP contribution >= 0.6 is 0 Å². The van der Waals surface area contributed by atoms with Crippen molar-refractivity contribution in [1.82, 2.24) is 0 Å². The normalized spacial score (nSPS) is 35.6. The molecule has 0 heterocycles. The van der Waals surface area contributed by atoms with Gasteiger partial charge < -0.3 is 9.84 Å². The van der Waals surface area contributed by atoms with Gasteiger partial charge in [0.05, 0.1) is 6.61 Å². The third-order valence-electron chi connectivity index (χ3n) is 3.05. The van der Waals surface area contributed by atoms with E-state index in [1.165, 1.54) is 0 Å². The minimum Gasteiger partial charge on any atom is -0.464 e. The highest BCUT2D eigenvalue weighted by Crippen LogP contribution is 2.47. The molecule has 0 bridgehead atoms. The number of hydrogen-bond donors (Lipinski definition) is 1. The summed E-state index contributed by atoms with van der Waals surface area (Å²) >= 11 is 0. The fraction of sp³-hybridized carbons (Fsp3) is 0.909. The third-order valence-corrected chi connectivity index (χ3v) is 3.05. The van der Waals surface area contributed by atoms with Crippen molar-refractivity contribution in [2.75, 3.05) is 6.61 Å². The molecule has 0 spiro atoms. The summed E-state index contributed by atoms with van der Waals surface area (Å²) in [6.07, 6.45) is 1.36. The van der Waals surface area contributed by atoms with Gasteiger partial charge >= 0.3 is 5.97 Å². The van der Waals surface area contributed by atoms with Crippen LogP contribution in [0.2, 0.25) is 0 Å². The lowest BCUT2D eigenvalue weighted by molar-refractivity contribution is -0.168. The summed E-state index contributed by atoms with van der Waals surface area (Å²) in [6, 6.07) is 0. The quantitative estimate of drug-likeness (QED) is 0.691. The summed E-state index contributed by atoms with van der Waals surface area (Å²) in [5.41, 5.74) is -1.24. The molecule has 0 radical (unpaired) electrons. The Morgan fingerprint density at radius 1 is 1.57 bits per heavy atom. The van der Waals surface area contributed by atoms with E-state index in [4.69, 9.17) is 4.74 Å². The zero-order valence-electron chi connectivity index (χ0n) is 9.46. The number of carbonyl (C=O) groups is 1. The van der Waals surface area contributed by atoms with Crippen molar-refractivity contribution in [3.63, 3.8) is 0 Å². The molecule has 0 aromatic heterocycles. The Hall–Kier alpha value is -0.570. The minimum atomic E-state index is -1.26. The van der Waals surface area contributed by atoms with Gasteiger partial charge in [-0.2, -0.15) is 0 Å². The third kappa shape index (κ3) is 1.92. The number of rotatable bonds is 2. The van der Waals surface area contributed by atoms with Crippen molar-refractivity contribution in [2.45, 2.75) is 46.1 Å². The average Bonchev–Trinajstić information content (AvgIpc) is 2.22. The van der Waals surface area contributed by atoms with E-state index in [9.17, 15) is 9.90 Å². The van der Waals surface area contributed by atoms with E-state index < -0.39 is 11.6 Å². The van der Waals surface area contributed by atoms with Gasteiger partial charge in [-0.15, -0.1) is 0 Å². The minimum absolute atomic E-state index is 0.0171. The molecule has 1 rings (SSSR count). The second kappa shape index (κ2) is 3.54. The Morgan fingerprint density at radius 3 is 2.50 bits per heavy atom. The zero-order chi connectivity index (χ0) is 11.0. The number of hydrogen-bond acceptors (Lipinski definition) is 3. The molecule has 14 heavy (non-hydrogen) atoms. The molecule has 1 aliphatic carbocycles. The molecule has 2 unspecified atom stereocenters. The smallest absolute Gasteiger partial charge is 0.338 e. The standard InChI is InChI=1S/C11H20O3/c1-5-14-9(12)11(13)7-10(3,4)6-8(11)2/h8,13H,5-7H2,1-4H3. The molecule has 2 atom stereocenters. The van der Waals surface area contributed by atoms with E-state index in [2.05, 4.69) is 13.8 Å². The van der Waals surface area contributed by atoms with Gasteiger partial charge in [0.2, 0.25) is 0 Å². The molecule has 0 aliphatic heterocycles. The molecule has 1 N–H and O–H groups in total. The molecule has 1 fully saturated rings. The van der Waals surface area contributed by atoms with Gasteiger partial charge in [-0.05, 0) is 31.1 Å². The molecular formula is C11H20O3. The first-order valence-electron chi connectivity index (χ1n) is 5.21. The maximum Gasteiger partial charge on any atom is 0.338 e. The van der Waals surface area contributed by atoms with Gasteiger partial charge in [-0.1, -0.05) is 20.8 Å². The lowest BCUT2D eigenvalue weighted by Gasteiger charge is -2.25. The fourth-order valence-electron chi connectivity index (χ4n) is 2.50. The second-order valence-corrected chi connectivity index (χ2v) is 5.09. The van der Waals surface area contributed by atoms with Crippen LogP contribution in [-0.2, 0) is 9.53 Å². The Kier molecular flexibility index (Phi) is 2.91. The summed E-state index contributed by atoms with van der Waals surface area (Å²) in [7, 11) is 0. The predicted molar refractivity (Wildman–Crippen MR) is 53.8 cm³/mol. The van der Waals surface area contributed by atoms with Crippen LogP contribution in [0.15, 0.2) is 0 Å². The molecule has 82 valence electrons. The van der Waals surface area contributed by atoms with E-state index in [0.717, 1.165) is 6.42 Å². The molecule has 0 saturated heterocycles. The topological polar surface area (TPSA) is 46.5 Å². The first-order chi connectivity index (χ1) is 6.32. The number of carbonyl (C=O) groups excluding carboxylic acids is 1.